The second-order valence-electron chi connectivity index (χ2n) is 6.72. The van der Waals surface area contributed by atoms with Crippen molar-refractivity contribution in [3.05, 3.63) is 48.4 Å². The predicted molar refractivity (Wildman–Crippen MR) is 103 cm³/mol. The average Bonchev–Trinajstić information content (AvgIpc) is 3.09. The molecule has 4 N–H and O–H groups in total. The SMILES string of the molecule is C#Cc1cccc(Nc2ncnn3ccc(OC4CC[C@H](N)[C@@H](O)C4)c23)c1. The summed E-state index contributed by atoms with van der Waals surface area (Å²) < 4.78 is 7.87. The summed E-state index contributed by atoms with van der Waals surface area (Å²) in [6.45, 7) is 0. The highest BCUT2D eigenvalue weighted by Gasteiger charge is 2.28. The number of rotatable bonds is 4. The van der Waals surface area contributed by atoms with Crippen LogP contribution in [-0.2, 0) is 0 Å². The summed E-state index contributed by atoms with van der Waals surface area (Å²) in [6, 6.07) is 9.22. The number of hydrogen-bond acceptors (Lipinski definition) is 6. The molecule has 1 aliphatic carbocycles. The largest absolute Gasteiger partial charge is 0.488 e. The topological polar surface area (TPSA) is 97.7 Å². The van der Waals surface area contributed by atoms with Gasteiger partial charge in [-0.05, 0) is 31.0 Å². The van der Waals surface area contributed by atoms with Gasteiger partial charge in [-0.25, -0.2) is 9.50 Å². The Hall–Kier alpha value is -3.08. The second kappa shape index (κ2) is 7.27. The van der Waals surface area contributed by atoms with Crippen molar-refractivity contribution in [2.45, 2.75) is 37.5 Å². The average molecular weight is 363 g/mol. The Morgan fingerprint density at radius 1 is 1.33 bits per heavy atom. The lowest BCUT2D eigenvalue weighted by Gasteiger charge is -2.30. The molecule has 2 heterocycles. The number of benzene rings is 1. The van der Waals surface area contributed by atoms with E-state index >= 15 is 0 Å². The molecule has 138 valence electrons. The van der Waals surface area contributed by atoms with Crippen LogP contribution in [0.4, 0.5) is 11.5 Å². The normalized spacial score (nSPS) is 22.3. The van der Waals surface area contributed by atoms with E-state index < -0.39 is 6.10 Å². The van der Waals surface area contributed by atoms with Crippen molar-refractivity contribution in [1.29, 1.82) is 0 Å². The molecule has 7 nitrogen and oxygen atoms in total. The monoisotopic (exact) mass is 363 g/mol. The first-order chi connectivity index (χ1) is 13.1. The van der Waals surface area contributed by atoms with Crippen LogP contribution in [-0.4, -0.2) is 38.0 Å². The molecule has 0 spiro atoms. The molecule has 1 saturated carbocycles. The van der Waals surface area contributed by atoms with Gasteiger partial charge in [0.15, 0.2) is 11.6 Å². The molecule has 0 amide bonds. The summed E-state index contributed by atoms with van der Waals surface area (Å²) >= 11 is 0. The summed E-state index contributed by atoms with van der Waals surface area (Å²) in [6.07, 6.45) is 10.2. The minimum absolute atomic E-state index is 0.0937. The smallest absolute Gasteiger partial charge is 0.162 e. The maximum atomic E-state index is 10.0. The highest BCUT2D eigenvalue weighted by atomic mass is 16.5. The van der Waals surface area contributed by atoms with Gasteiger partial charge in [0.2, 0.25) is 0 Å². The van der Waals surface area contributed by atoms with E-state index in [4.69, 9.17) is 16.9 Å². The minimum Gasteiger partial charge on any atom is -0.488 e. The first-order valence-electron chi connectivity index (χ1n) is 8.90. The van der Waals surface area contributed by atoms with Crippen molar-refractivity contribution in [2.75, 3.05) is 5.32 Å². The van der Waals surface area contributed by atoms with Gasteiger partial charge in [-0.3, -0.25) is 0 Å². The van der Waals surface area contributed by atoms with Gasteiger partial charge in [-0.1, -0.05) is 12.0 Å². The molecule has 3 atom stereocenters. The van der Waals surface area contributed by atoms with E-state index in [-0.39, 0.29) is 12.1 Å². The van der Waals surface area contributed by atoms with Gasteiger partial charge >= 0.3 is 0 Å². The molecule has 3 aromatic rings. The summed E-state index contributed by atoms with van der Waals surface area (Å²) in [5.41, 5.74) is 8.23. The molecule has 4 rings (SSSR count). The van der Waals surface area contributed by atoms with Crippen molar-refractivity contribution in [2.24, 2.45) is 5.73 Å². The fraction of sp³-hybridized carbons (Fsp3) is 0.300. The molecule has 1 unspecified atom stereocenters. The van der Waals surface area contributed by atoms with Crippen LogP contribution in [0.2, 0.25) is 0 Å². The van der Waals surface area contributed by atoms with Crippen molar-refractivity contribution in [1.82, 2.24) is 14.6 Å². The van der Waals surface area contributed by atoms with Crippen molar-refractivity contribution in [3.63, 3.8) is 0 Å². The van der Waals surface area contributed by atoms with E-state index in [0.29, 0.717) is 18.0 Å². The molecular formula is C20H21N5O2. The van der Waals surface area contributed by atoms with E-state index in [1.165, 1.54) is 6.33 Å². The Labute approximate surface area is 157 Å². The lowest BCUT2D eigenvalue weighted by Crippen LogP contribution is -2.43. The maximum Gasteiger partial charge on any atom is 0.162 e. The number of nitrogens with two attached hydrogens (primary N) is 1. The molecule has 1 aliphatic rings. The number of hydrogen-bond donors (Lipinski definition) is 3. The summed E-state index contributed by atoms with van der Waals surface area (Å²) in [5.74, 6) is 3.91. The lowest BCUT2D eigenvalue weighted by molar-refractivity contribution is 0.0399. The van der Waals surface area contributed by atoms with E-state index in [0.717, 1.165) is 29.6 Å². The fourth-order valence-electron chi connectivity index (χ4n) is 3.36. The molecule has 1 fully saturated rings. The molecule has 1 aromatic carbocycles. The van der Waals surface area contributed by atoms with Crippen LogP contribution in [0.1, 0.15) is 24.8 Å². The van der Waals surface area contributed by atoms with Crippen molar-refractivity contribution < 1.29 is 9.84 Å². The predicted octanol–water partition coefficient (Wildman–Crippen LogP) is 2.07. The number of anilines is 2. The highest BCUT2D eigenvalue weighted by molar-refractivity contribution is 5.79. The molecule has 0 saturated heterocycles. The molecule has 0 radical (unpaired) electrons. The fourth-order valence-corrected chi connectivity index (χ4v) is 3.36. The first-order valence-corrected chi connectivity index (χ1v) is 8.90. The number of ether oxygens (including phenoxy) is 1. The zero-order valence-electron chi connectivity index (χ0n) is 14.7. The molecule has 2 aromatic heterocycles. The van der Waals surface area contributed by atoms with Crippen LogP contribution in [0.15, 0.2) is 42.9 Å². The Bertz CT molecular complexity index is 993. The lowest BCUT2D eigenvalue weighted by atomic mass is 9.91. The van der Waals surface area contributed by atoms with E-state index in [1.54, 1.807) is 4.52 Å². The molecular weight excluding hydrogens is 342 g/mol. The van der Waals surface area contributed by atoms with Crippen molar-refractivity contribution >= 4 is 17.0 Å². The zero-order valence-corrected chi connectivity index (χ0v) is 14.7. The second-order valence-corrected chi connectivity index (χ2v) is 6.72. The molecule has 27 heavy (non-hydrogen) atoms. The third kappa shape index (κ3) is 3.58. The van der Waals surface area contributed by atoms with Crippen LogP contribution in [0.5, 0.6) is 5.75 Å². The Morgan fingerprint density at radius 2 is 2.22 bits per heavy atom. The van der Waals surface area contributed by atoms with Crippen LogP contribution in [0.3, 0.4) is 0 Å². The quantitative estimate of drug-likeness (QED) is 0.614. The van der Waals surface area contributed by atoms with Gasteiger partial charge in [0.05, 0.1) is 6.10 Å². The van der Waals surface area contributed by atoms with Crippen LogP contribution in [0.25, 0.3) is 5.52 Å². The molecule has 0 bridgehead atoms. The third-order valence-corrected chi connectivity index (χ3v) is 4.82. The number of nitrogens with zero attached hydrogens (tertiary/aromatic N) is 3. The Kier molecular flexibility index (Phi) is 4.67. The minimum atomic E-state index is -0.544. The van der Waals surface area contributed by atoms with E-state index in [1.807, 2.05) is 36.5 Å². The van der Waals surface area contributed by atoms with Crippen molar-refractivity contribution in [3.8, 4) is 18.1 Å². The standard InChI is InChI=1S/C20H21N5O2/c1-2-13-4-3-5-14(10-13)24-20-19-18(8-9-25(19)23-12-22-20)27-15-6-7-16(21)17(26)11-15/h1,3-5,8-10,12,15-17,26H,6-7,11,21H2,(H,22,23,24)/t15?,16-,17-/m0/s1. The summed E-state index contributed by atoms with van der Waals surface area (Å²) in [5, 5.41) is 17.6. The van der Waals surface area contributed by atoms with Gasteiger partial charge in [-0.15, -0.1) is 6.42 Å². The number of aromatic nitrogens is 3. The molecule has 7 heteroatoms. The summed E-state index contributed by atoms with van der Waals surface area (Å²) in [4.78, 5) is 4.37. The Balaban J connectivity index is 1.62. The Morgan fingerprint density at radius 3 is 3.04 bits per heavy atom. The van der Waals surface area contributed by atoms with Crippen LogP contribution in [0, 0.1) is 12.3 Å². The van der Waals surface area contributed by atoms with Gasteiger partial charge in [0.25, 0.3) is 0 Å². The molecule has 0 aliphatic heterocycles. The van der Waals surface area contributed by atoms with Crippen LogP contribution >= 0.6 is 0 Å². The van der Waals surface area contributed by atoms with E-state index in [9.17, 15) is 5.11 Å². The number of aliphatic hydroxyl groups excluding tert-OH is 1. The first kappa shape index (κ1) is 17.3. The van der Waals surface area contributed by atoms with Gasteiger partial charge < -0.3 is 20.9 Å². The number of terminal acetylenes is 1. The zero-order chi connectivity index (χ0) is 18.8. The highest BCUT2D eigenvalue weighted by Crippen LogP contribution is 2.31. The third-order valence-electron chi connectivity index (χ3n) is 4.82. The van der Waals surface area contributed by atoms with Gasteiger partial charge in [0, 0.05) is 36.0 Å². The number of nitrogens with one attached hydrogen (secondary N) is 1. The number of aliphatic hydroxyl groups is 1. The van der Waals surface area contributed by atoms with Gasteiger partial charge in [0.1, 0.15) is 17.9 Å². The maximum absolute atomic E-state index is 10.0. The summed E-state index contributed by atoms with van der Waals surface area (Å²) in [7, 11) is 0. The van der Waals surface area contributed by atoms with Crippen LogP contribution < -0.4 is 15.8 Å². The number of fused-ring (bicyclic) bond motifs is 1. The van der Waals surface area contributed by atoms with E-state index in [2.05, 4.69) is 21.3 Å². The van der Waals surface area contributed by atoms with Gasteiger partial charge in [-0.2, -0.15) is 5.10 Å².